The maximum absolute atomic E-state index is 6.06. The van der Waals surface area contributed by atoms with E-state index in [9.17, 15) is 0 Å². The Morgan fingerprint density at radius 1 is 1.21 bits per heavy atom. The second-order valence-electron chi connectivity index (χ2n) is 4.14. The topological polar surface area (TPSA) is 75.2 Å². The molecular weight excluding hydrogens is 244 g/mol. The molecule has 2 N–H and O–H groups in total. The summed E-state index contributed by atoms with van der Waals surface area (Å²) < 4.78 is 12.5. The Morgan fingerprint density at radius 3 is 2.53 bits per heavy atom. The highest BCUT2D eigenvalue weighted by Gasteiger charge is 2.15. The average molecular weight is 262 g/mol. The van der Waals surface area contributed by atoms with Crippen molar-refractivity contribution in [3.05, 3.63) is 18.5 Å². The third-order valence-electron chi connectivity index (χ3n) is 2.88. The first-order valence-electron chi connectivity index (χ1n) is 6.11. The van der Waals surface area contributed by atoms with Gasteiger partial charge >= 0.3 is 0 Å². The van der Waals surface area contributed by atoms with E-state index in [1.807, 2.05) is 10.6 Å². The number of rotatable bonds is 5. The minimum absolute atomic E-state index is 0.586. The molecule has 6 nitrogen and oxygen atoms in total. The van der Waals surface area contributed by atoms with Crippen LogP contribution >= 0.6 is 0 Å². The van der Waals surface area contributed by atoms with Gasteiger partial charge in [-0.25, -0.2) is 0 Å². The number of methoxy groups -OCH3 is 2. The van der Waals surface area contributed by atoms with Crippen molar-refractivity contribution in [3.8, 4) is 22.9 Å². The minimum atomic E-state index is 0.586. The van der Waals surface area contributed by atoms with E-state index in [1.165, 1.54) is 0 Å². The van der Waals surface area contributed by atoms with Crippen LogP contribution in [-0.4, -0.2) is 29.0 Å². The molecule has 1 aromatic heterocycles. The van der Waals surface area contributed by atoms with Gasteiger partial charge in [-0.05, 0) is 12.5 Å². The molecule has 0 fully saturated rings. The zero-order valence-electron chi connectivity index (χ0n) is 11.4. The van der Waals surface area contributed by atoms with Crippen LogP contribution in [0.5, 0.6) is 11.5 Å². The van der Waals surface area contributed by atoms with Gasteiger partial charge in [0.05, 0.1) is 14.2 Å². The number of nitrogens with zero attached hydrogens (tertiary/aromatic N) is 3. The van der Waals surface area contributed by atoms with Gasteiger partial charge in [0, 0.05) is 23.9 Å². The first-order valence-corrected chi connectivity index (χ1v) is 6.11. The van der Waals surface area contributed by atoms with Crippen LogP contribution in [0.4, 0.5) is 5.69 Å². The zero-order chi connectivity index (χ0) is 13.8. The van der Waals surface area contributed by atoms with Gasteiger partial charge in [-0.15, -0.1) is 10.2 Å². The van der Waals surface area contributed by atoms with Crippen LogP contribution in [-0.2, 0) is 6.54 Å². The van der Waals surface area contributed by atoms with E-state index in [1.54, 1.807) is 26.6 Å². The van der Waals surface area contributed by atoms with Gasteiger partial charge in [-0.1, -0.05) is 6.92 Å². The molecular formula is C13H18N4O2. The molecule has 102 valence electrons. The highest BCUT2D eigenvalue weighted by atomic mass is 16.5. The molecule has 0 aliphatic rings. The maximum atomic E-state index is 6.06. The van der Waals surface area contributed by atoms with E-state index in [0.717, 1.165) is 24.4 Å². The van der Waals surface area contributed by atoms with E-state index in [4.69, 9.17) is 15.2 Å². The maximum Gasteiger partial charge on any atom is 0.165 e. The monoisotopic (exact) mass is 262 g/mol. The van der Waals surface area contributed by atoms with Gasteiger partial charge < -0.3 is 19.8 Å². The van der Waals surface area contributed by atoms with Crippen LogP contribution in [0.25, 0.3) is 11.4 Å². The van der Waals surface area contributed by atoms with Crippen molar-refractivity contribution in [1.29, 1.82) is 0 Å². The summed E-state index contributed by atoms with van der Waals surface area (Å²) in [4.78, 5) is 0. The van der Waals surface area contributed by atoms with Gasteiger partial charge in [0.25, 0.3) is 0 Å². The molecule has 0 amide bonds. The lowest BCUT2D eigenvalue weighted by Crippen LogP contribution is -2.02. The molecule has 0 aliphatic heterocycles. The molecule has 2 aromatic rings. The van der Waals surface area contributed by atoms with E-state index < -0.39 is 0 Å². The normalized spacial score (nSPS) is 10.5. The number of ether oxygens (including phenoxy) is 2. The molecule has 2 rings (SSSR count). The van der Waals surface area contributed by atoms with E-state index in [-0.39, 0.29) is 0 Å². The fourth-order valence-electron chi connectivity index (χ4n) is 1.96. The van der Waals surface area contributed by atoms with Crippen molar-refractivity contribution in [2.75, 3.05) is 20.0 Å². The van der Waals surface area contributed by atoms with Crippen molar-refractivity contribution < 1.29 is 9.47 Å². The van der Waals surface area contributed by atoms with E-state index in [0.29, 0.717) is 17.2 Å². The van der Waals surface area contributed by atoms with Gasteiger partial charge in [0.1, 0.15) is 6.33 Å². The van der Waals surface area contributed by atoms with Crippen LogP contribution in [0.3, 0.4) is 0 Å². The molecule has 0 saturated carbocycles. The van der Waals surface area contributed by atoms with E-state index >= 15 is 0 Å². The summed E-state index contributed by atoms with van der Waals surface area (Å²) >= 11 is 0. The predicted octanol–water partition coefficient (Wildman–Crippen LogP) is 1.95. The van der Waals surface area contributed by atoms with E-state index in [2.05, 4.69) is 17.1 Å². The number of nitrogen functional groups attached to an aromatic ring is 1. The standard InChI is InChI=1S/C13H18N4O2/c1-4-5-17-8-15-16-13(17)9-6-11(18-2)12(19-3)7-10(9)14/h6-8H,4-5,14H2,1-3H3. The van der Waals surface area contributed by atoms with Crippen molar-refractivity contribution in [3.63, 3.8) is 0 Å². The predicted molar refractivity (Wildman–Crippen MR) is 73.3 cm³/mol. The van der Waals surface area contributed by atoms with Crippen molar-refractivity contribution in [2.45, 2.75) is 19.9 Å². The Kier molecular flexibility index (Phi) is 3.89. The van der Waals surface area contributed by atoms with Gasteiger partial charge in [0.2, 0.25) is 0 Å². The van der Waals surface area contributed by atoms with Gasteiger partial charge in [-0.2, -0.15) is 0 Å². The fraction of sp³-hybridized carbons (Fsp3) is 0.385. The summed E-state index contributed by atoms with van der Waals surface area (Å²) in [5, 5.41) is 8.08. The smallest absolute Gasteiger partial charge is 0.165 e. The second-order valence-corrected chi connectivity index (χ2v) is 4.14. The first-order chi connectivity index (χ1) is 9.21. The van der Waals surface area contributed by atoms with Crippen LogP contribution in [0.15, 0.2) is 18.5 Å². The van der Waals surface area contributed by atoms with Crippen LogP contribution in [0.2, 0.25) is 0 Å². The second kappa shape index (κ2) is 5.60. The van der Waals surface area contributed by atoms with Crippen LogP contribution < -0.4 is 15.2 Å². The molecule has 0 bridgehead atoms. The molecule has 1 aromatic carbocycles. The molecule has 1 heterocycles. The third-order valence-corrected chi connectivity index (χ3v) is 2.88. The summed E-state index contributed by atoms with van der Waals surface area (Å²) in [5.74, 6) is 1.96. The van der Waals surface area contributed by atoms with Crippen molar-refractivity contribution in [1.82, 2.24) is 14.8 Å². The van der Waals surface area contributed by atoms with Crippen molar-refractivity contribution >= 4 is 5.69 Å². The lowest BCUT2D eigenvalue weighted by atomic mass is 10.1. The Balaban J connectivity index is 2.52. The minimum Gasteiger partial charge on any atom is -0.493 e. The number of aryl methyl sites for hydroxylation is 1. The largest absolute Gasteiger partial charge is 0.493 e. The Bertz CT molecular complexity index is 566. The summed E-state index contributed by atoms with van der Waals surface area (Å²) in [7, 11) is 3.17. The summed E-state index contributed by atoms with van der Waals surface area (Å²) in [6, 6.07) is 3.56. The molecule has 0 spiro atoms. The Labute approximate surface area is 112 Å². The highest BCUT2D eigenvalue weighted by molar-refractivity contribution is 5.76. The number of anilines is 1. The third kappa shape index (κ3) is 2.47. The van der Waals surface area contributed by atoms with Gasteiger partial charge in [-0.3, -0.25) is 0 Å². The number of hydrogen-bond donors (Lipinski definition) is 1. The lowest BCUT2D eigenvalue weighted by Gasteiger charge is -2.12. The average Bonchev–Trinajstić information content (AvgIpc) is 2.87. The zero-order valence-corrected chi connectivity index (χ0v) is 11.4. The fourth-order valence-corrected chi connectivity index (χ4v) is 1.96. The molecule has 0 aliphatic carbocycles. The molecule has 6 heteroatoms. The SMILES string of the molecule is CCCn1cnnc1-c1cc(OC)c(OC)cc1N. The highest BCUT2D eigenvalue weighted by Crippen LogP contribution is 2.36. The summed E-state index contributed by atoms with van der Waals surface area (Å²) in [5.41, 5.74) is 7.44. The summed E-state index contributed by atoms with van der Waals surface area (Å²) in [6.45, 7) is 2.94. The Hall–Kier alpha value is -2.24. The number of aromatic nitrogens is 3. The van der Waals surface area contributed by atoms with Crippen LogP contribution in [0, 0.1) is 0 Å². The number of nitrogens with two attached hydrogens (primary N) is 1. The van der Waals surface area contributed by atoms with Crippen molar-refractivity contribution in [2.24, 2.45) is 0 Å². The molecule has 0 saturated heterocycles. The molecule has 19 heavy (non-hydrogen) atoms. The molecule has 0 atom stereocenters. The Morgan fingerprint density at radius 2 is 1.89 bits per heavy atom. The summed E-state index contributed by atoms with van der Waals surface area (Å²) in [6.07, 6.45) is 2.70. The van der Waals surface area contributed by atoms with Crippen LogP contribution in [0.1, 0.15) is 13.3 Å². The van der Waals surface area contributed by atoms with Gasteiger partial charge in [0.15, 0.2) is 17.3 Å². The lowest BCUT2D eigenvalue weighted by molar-refractivity contribution is 0.355. The number of benzene rings is 1. The first kappa shape index (κ1) is 13.2. The molecule has 0 unspecified atom stereocenters. The number of hydrogen-bond acceptors (Lipinski definition) is 5. The quantitative estimate of drug-likeness (QED) is 0.833. The molecule has 0 radical (unpaired) electrons.